The van der Waals surface area contributed by atoms with Crippen molar-refractivity contribution in [3.05, 3.63) is 65.7 Å². The zero-order valence-electron chi connectivity index (χ0n) is 14.9. The van der Waals surface area contributed by atoms with E-state index in [1.165, 1.54) is 5.56 Å². The Kier molecular flexibility index (Phi) is 4.69. The molecule has 0 aliphatic carbocycles. The summed E-state index contributed by atoms with van der Waals surface area (Å²) in [5, 5.41) is 15.1. The smallest absolute Gasteiger partial charge is 0.117 e. The van der Waals surface area contributed by atoms with Crippen molar-refractivity contribution in [1.29, 1.82) is 5.26 Å². The molecule has 1 aromatic heterocycles. The highest BCUT2D eigenvalue weighted by molar-refractivity contribution is 7.99. The first-order valence-corrected chi connectivity index (χ1v) is 9.02. The van der Waals surface area contributed by atoms with Crippen LogP contribution in [0.2, 0.25) is 0 Å². The molecule has 1 heterocycles. The van der Waals surface area contributed by atoms with Crippen molar-refractivity contribution >= 4 is 11.8 Å². The van der Waals surface area contributed by atoms with E-state index in [4.69, 9.17) is 0 Å². The van der Waals surface area contributed by atoms with E-state index in [1.54, 1.807) is 16.4 Å². The normalized spacial score (nSPS) is 11.3. The van der Waals surface area contributed by atoms with Gasteiger partial charge in [-0.1, -0.05) is 75.0 Å². The standard InChI is InChI=1S/C21H21N3S/c1-21(2,3)16-10-12-17(13-11-16)25-20-18(14-22)19(23-24(20)4)15-8-6-5-7-9-15/h5-13H,1-4H3. The van der Waals surface area contributed by atoms with E-state index in [-0.39, 0.29) is 5.41 Å². The zero-order valence-corrected chi connectivity index (χ0v) is 15.8. The van der Waals surface area contributed by atoms with Gasteiger partial charge in [0.05, 0.1) is 0 Å². The van der Waals surface area contributed by atoms with Crippen LogP contribution in [0.15, 0.2) is 64.5 Å². The van der Waals surface area contributed by atoms with Crippen LogP contribution in [0.1, 0.15) is 31.9 Å². The highest BCUT2D eigenvalue weighted by atomic mass is 32.2. The van der Waals surface area contributed by atoms with Crippen LogP contribution in [0.4, 0.5) is 0 Å². The van der Waals surface area contributed by atoms with Crippen LogP contribution in [0, 0.1) is 11.3 Å². The highest BCUT2D eigenvalue weighted by Gasteiger charge is 2.19. The van der Waals surface area contributed by atoms with Gasteiger partial charge in [-0.15, -0.1) is 0 Å². The first kappa shape index (κ1) is 17.3. The van der Waals surface area contributed by atoms with Gasteiger partial charge in [-0.2, -0.15) is 10.4 Å². The second-order valence-electron chi connectivity index (χ2n) is 7.01. The number of benzene rings is 2. The topological polar surface area (TPSA) is 41.6 Å². The van der Waals surface area contributed by atoms with Crippen LogP contribution in [0.5, 0.6) is 0 Å². The van der Waals surface area contributed by atoms with Gasteiger partial charge >= 0.3 is 0 Å². The van der Waals surface area contributed by atoms with Crippen LogP contribution in [-0.2, 0) is 12.5 Å². The second kappa shape index (κ2) is 6.78. The number of nitrogens with zero attached hydrogens (tertiary/aromatic N) is 3. The van der Waals surface area contributed by atoms with E-state index in [0.717, 1.165) is 21.2 Å². The number of rotatable bonds is 3. The minimum atomic E-state index is 0.133. The molecular weight excluding hydrogens is 326 g/mol. The van der Waals surface area contributed by atoms with Crippen molar-refractivity contribution in [2.75, 3.05) is 0 Å². The van der Waals surface area contributed by atoms with Gasteiger partial charge in [0, 0.05) is 17.5 Å². The molecule has 0 saturated heterocycles. The molecule has 2 aromatic carbocycles. The van der Waals surface area contributed by atoms with E-state index in [1.807, 2.05) is 37.4 Å². The van der Waals surface area contributed by atoms with E-state index in [0.29, 0.717) is 5.56 Å². The predicted molar refractivity (Wildman–Crippen MR) is 103 cm³/mol. The largest absolute Gasteiger partial charge is 0.260 e. The molecule has 0 radical (unpaired) electrons. The SMILES string of the molecule is Cn1nc(-c2ccccc2)c(C#N)c1Sc1ccc(C(C)(C)C)cc1. The van der Waals surface area contributed by atoms with E-state index in [2.05, 4.69) is 56.2 Å². The molecule has 4 heteroatoms. The number of nitriles is 1. The molecule has 3 aromatic rings. The summed E-state index contributed by atoms with van der Waals surface area (Å²) in [6.07, 6.45) is 0. The number of aromatic nitrogens is 2. The number of hydrogen-bond acceptors (Lipinski definition) is 3. The summed E-state index contributed by atoms with van der Waals surface area (Å²) < 4.78 is 1.79. The lowest BCUT2D eigenvalue weighted by Crippen LogP contribution is -2.10. The number of hydrogen-bond donors (Lipinski definition) is 0. The molecule has 25 heavy (non-hydrogen) atoms. The van der Waals surface area contributed by atoms with Crippen molar-refractivity contribution in [3.8, 4) is 17.3 Å². The lowest BCUT2D eigenvalue weighted by atomic mass is 9.87. The van der Waals surface area contributed by atoms with Crippen LogP contribution < -0.4 is 0 Å². The molecule has 0 fully saturated rings. The molecule has 0 atom stereocenters. The molecule has 0 unspecified atom stereocenters. The third kappa shape index (κ3) is 3.62. The van der Waals surface area contributed by atoms with Gasteiger partial charge in [-0.25, -0.2) is 0 Å². The first-order valence-electron chi connectivity index (χ1n) is 8.21. The number of aryl methyl sites for hydroxylation is 1. The Morgan fingerprint density at radius 3 is 2.20 bits per heavy atom. The quantitative estimate of drug-likeness (QED) is 0.636. The van der Waals surface area contributed by atoms with Gasteiger partial charge in [0.15, 0.2) is 0 Å². The molecule has 3 rings (SSSR count). The van der Waals surface area contributed by atoms with Gasteiger partial charge in [-0.05, 0) is 23.1 Å². The van der Waals surface area contributed by atoms with Crippen molar-refractivity contribution in [1.82, 2.24) is 9.78 Å². The summed E-state index contributed by atoms with van der Waals surface area (Å²) in [5.74, 6) is 0. The summed E-state index contributed by atoms with van der Waals surface area (Å²) in [6, 6.07) is 20.7. The van der Waals surface area contributed by atoms with Crippen LogP contribution in [-0.4, -0.2) is 9.78 Å². The van der Waals surface area contributed by atoms with Crippen molar-refractivity contribution in [2.24, 2.45) is 7.05 Å². The minimum Gasteiger partial charge on any atom is -0.260 e. The fourth-order valence-corrected chi connectivity index (χ4v) is 3.57. The summed E-state index contributed by atoms with van der Waals surface area (Å²) in [5.41, 5.74) is 3.75. The maximum atomic E-state index is 9.69. The van der Waals surface area contributed by atoms with Crippen LogP contribution in [0.3, 0.4) is 0 Å². The Morgan fingerprint density at radius 1 is 1.00 bits per heavy atom. The maximum Gasteiger partial charge on any atom is 0.117 e. The van der Waals surface area contributed by atoms with Crippen molar-refractivity contribution in [3.63, 3.8) is 0 Å². The molecule has 0 N–H and O–H groups in total. The molecule has 0 amide bonds. The van der Waals surface area contributed by atoms with Crippen LogP contribution >= 0.6 is 11.8 Å². The third-order valence-electron chi connectivity index (χ3n) is 4.09. The summed E-state index contributed by atoms with van der Waals surface area (Å²) in [7, 11) is 1.89. The lowest BCUT2D eigenvalue weighted by Gasteiger charge is -2.19. The zero-order chi connectivity index (χ0) is 18.0. The van der Waals surface area contributed by atoms with Crippen molar-refractivity contribution in [2.45, 2.75) is 36.1 Å². The lowest BCUT2D eigenvalue weighted by molar-refractivity contribution is 0.589. The third-order valence-corrected chi connectivity index (χ3v) is 5.26. The van der Waals surface area contributed by atoms with E-state index >= 15 is 0 Å². The molecule has 0 aliphatic heterocycles. The Bertz CT molecular complexity index is 911. The van der Waals surface area contributed by atoms with Crippen molar-refractivity contribution < 1.29 is 0 Å². The van der Waals surface area contributed by atoms with E-state index < -0.39 is 0 Å². The molecule has 0 aliphatic rings. The average Bonchev–Trinajstić information content (AvgIpc) is 2.91. The molecule has 0 spiro atoms. The van der Waals surface area contributed by atoms with Gasteiger partial charge in [-0.3, -0.25) is 4.68 Å². The molecule has 0 saturated carbocycles. The highest BCUT2D eigenvalue weighted by Crippen LogP contribution is 2.35. The van der Waals surface area contributed by atoms with E-state index in [9.17, 15) is 5.26 Å². The molecule has 0 bridgehead atoms. The first-order chi connectivity index (χ1) is 11.9. The van der Waals surface area contributed by atoms with Gasteiger partial charge < -0.3 is 0 Å². The Hall–Kier alpha value is -2.51. The van der Waals surface area contributed by atoms with Gasteiger partial charge in [0.25, 0.3) is 0 Å². The second-order valence-corrected chi connectivity index (χ2v) is 8.07. The molecule has 126 valence electrons. The predicted octanol–water partition coefficient (Wildman–Crippen LogP) is 5.41. The fourth-order valence-electron chi connectivity index (χ4n) is 2.66. The Morgan fingerprint density at radius 2 is 1.64 bits per heavy atom. The minimum absolute atomic E-state index is 0.133. The van der Waals surface area contributed by atoms with Crippen LogP contribution in [0.25, 0.3) is 11.3 Å². The monoisotopic (exact) mass is 347 g/mol. The van der Waals surface area contributed by atoms with Gasteiger partial charge in [0.2, 0.25) is 0 Å². The molecular formula is C21H21N3S. The summed E-state index contributed by atoms with van der Waals surface area (Å²) in [4.78, 5) is 1.10. The summed E-state index contributed by atoms with van der Waals surface area (Å²) in [6.45, 7) is 6.61. The summed E-state index contributed by atoms with van der Waals surface area (Å²) >= 11 is 1.58. The average molecular weight is 347 g/mol. The fraction of sp³-hybridized carbons (Fsp3) is 0.238. The maximum absolute atomic E-state index is 9.69. The Labute approximate surface area is 153 Å². The van der Waals surface area contributed by atoms with Gasteiger partial charge in [0.1, 0.15) is 22.4 Å². The molecule has 3 nitrogen and oxygen atoms in total. The Balaban J connectivity index is 1.96.